The lowest BCUT2D eigenvalue weighted by atomic mass is 10.1. The van der Waals surface area contributed by atoms with E-state index in [4.69, 9.17) is 8.94 Å². The van der Waals surface area contributed by atoms with Gasteiger partial charge in [0.15, 0.2) is 11.6 Å². The highest BCUT2D eigenvalue weighted by molar-refractivity contribution is 5.78. The van der Waals surface area contributed by atoms with Crippen molar-refractivity contribution in [3.63, 3.8) is 0 Å². The molecule has 0 bridgehead atoms. The van der Waals surface area contributed by atoms with Gasteiger partial charge in [0.2, 0.25) is 11.7 Å². The number of carbonyl (C=O) groups is 1. The van der Waals surface area contributed by atoms with Crippen LogP contribution in [0.5, 0.6) is 0 Å². The molecule has 0 unspecified atom stereocenters. The molecule has 0 aliphatic carbocycles. The average molecular weight is 364 g/mol. The number of benzene rings is 1. The van der Waals surface area contributed by atoms with Crippen LogP contribution >= 0.6 is 0 Å². The summed E-state index contributed by atoms with van der Waals surface area (Å²) in [6, 6.07) is 12.8. The second-order valence-corrected chi connectivity index (χ2v) is 5.92. The fourth-order valence-corrected chi connectivity index (χ4v) is 2.59. The Bertz CT molecular complexity index is 1030. The van der Waals surface area contributed by atoms with Crippen molar-refractivity contribution in [2.75, 3.05) is 0 Å². The van der Waals surface area contributed by atoms with Gasteiger partial charge in [0.1, 0.15) is 5.69 Å². The van der Waals surface area contributed by atoms with Crippen molar-refractivity contribution in [1.82, 2.24) is 30.7 Å². The normalized spacial score (nSPS) is 10.9. The Morgan fingerprint density at radius 2 is 2.04 bits per heavy atom. The summed E-state index contributed by atoms with van der Waals surface area (Å²) >= 11 is 0. The van der Waals surface area contributed by atoms with Crippen LogP contribution < -0.4 is 5.32 Å². The molecule has 0 fully saturated rings. The Labute approximate surface area is 154 Å². The SMILES string of the molecule is Cc1nnnn1-c1ccc(CC(=O)NCc2cc(-c3ccco3)on2)cc1. The van der Waals surface area contributed by atoms with Gasteiger partial charge in [-0.05, 0) is 47.2 Å². The molecule has 4 rings (SSSR count). The summed E-state index contributed by atoms with van der Waals surface area (Å²) < 4.78 is 12.1. The first-order valence-corrected chi connectivity index (χ1v) is 8.29. The largest absolute Gasteiger partial charge is 0.461 e. The topological polar surface area (TPSA) is 112 Å². The van der Waals surface area contributed by atoms with Crippen molar-refractivity contribution in [2.24, 2.45) is 0 Å². The molecule has 3 aromatic heterocycles. The number of amides is 1. The van der Waals surface area contributed by atoms with Gasteiger partial charge in [0, 0.05) is 6.07 Å². The van der Waals surface area contributed by atoms with Gasteiger partial charge in [-0.15, -0.1) is 5.10 Å². The van der Waals surface area contributed by atoms with Gasteiger partial charge in [-0.1, -0.05) is 17.3 Å². The maximum atomic E-state index is 12.2. The molecule has 1 N–H and O–H groups in total. The number of hydrogen-bond donors (Lipinski definition) is 1. The zero-order valence-electron chi connectivity index (χ0n) is 14.5. The third kappa shape index (κ3) is 3.76. The van der Waals surface area contributed by atoms with E-state index in [-0.39, 0.29) is 18.9 Å². The van der Waals surface area contributed by atoms with Gasteiger partial charge in [0.05, 0.1) is 24.9 Å². The summed E-state index contributed by atoms with van der Waals surface area (Å²) in [5, 5.41) is 18.1. The average Bonchev–Trinajstić information content (AvgIpc) is 3.42. The number of aromatic nitrogens is 5. The molecule has 0 atom stereocenters. The quantitative estimate of drug-likeness (QED) is 0.557. The number of furan rings is 1. The minimum Gasteiger partial charge on any atom is -0.461 e. The molecule has 1 amide bonds. The Balaban J connectivity index is 1.32. The van der Waals surface area contributed by atoms with Gasteiger partial charge in [-0.3, -0.25) is 4.79 Å². The van der Waals surface area contributed by atoms with E-state index in [1.165, 1.54) is 0 Å². The molecule has 0 saturated carbocycles. The zero-order valence-corrected chi connectivity index (χ0v) is 14.5. The molecule has 0 radical (unpaired) electrons. The Hall–Kier alpha value is -3.75. The minimum atomic E-state index is -0.107. The number of rotatable bonds is 6. The van der Waals surface area contributed by atoms with Crippen LogP contribution in [0.4, 0.5) is 0 Å². The number of aryl methyl sites for hydroxylation is 1. The first-order valence-electron chi connectivity index (χ1n) is 8.29. The molecule has 0 aliphatic rings. The lowest BCUT2D eigenvalue weighted by molar-refractivity contribution is -0.120. The van der Waals surface area contributed by atoms with Gasteiger partial charge in [-0.2, -0.15) is 4.68 Å². The lowest BCUT2D eigenvalue weighted by Gasteiger charge is -2.05. The van der Waals surface area contributed by atoms with E-state index in [2.05, 4.69) is 26.0 Å². The second kappa shape index (κ2) is 7.24. The molecule has 0 saturated heterocycles. The maximum absolute atomic E-state index is 12.2. The van der Waals surface area contributed by atoms with Crippen LogP contribution in [0, 0.1) is 6.92 Å². The van der Waals surface area contributed by atoms with E-state index >= 15 is 0 Å². The number of nitrogens with zero attached hydrogens (tertiary/aromatic N) is 5. The number of hydrogen-bond acceptors (Lipinski definition) is 7. The van der Waals surface area contributed by atoms with Crippen molar-refractivity contribution in [3.05, 3.63) is 65.8 Å². The van der Waals surface area contributed by atoms with Crippen molar-refractivity contribution in [3.8, 4) is 17.2 Å². The Morgan fingerprint density at radius 1 is 1.19 bits per heavy atom. The summed E-state index contributed by atoms with van der Waals surface area (Å²) in [6.07, 6.45) is 1.82. The first kappa shape index (κ1) is 16.7. The molecule has 27 heavy (non-hydrogen) atoms. The maximum Gasteiger partial charge on any atom is 0.224 e. The van der Waals surface area contributed by atoms with E-state index < -0.39 is 0 Å². The van der Waals surface area contributed by atoms with E-state index in [0.29, 0.717) is 23.0 Å². The van der Waals surface area contributed by atoms with Crippen LogP contribution in [-0.4, -0.2) is 31.3 Å². The van der Waals surface area contributed by atoms with E-state index in [1.54, 1.807) is 29.1 Å². The molecule has 0 spiro atoms. The zero-order chi connectivity index (χ0) is 18.6. The van der Waals surface area contributed by atoms with Gasteiger partial charge in [-0.25, -0.2) is 0 Å². The fourth-order valence-electron chi connectivity index (χ4n) is 2.59. The highest BCUT2D eigenvalue weighted by Crippen LogP contribution is 2.20. The van der Waals surface area contributed by atoms with E-state index in [1.807, 2.05) is 31.2 Å². The Kier molecular flexibility index (Phi) is 4.48. The third-order valence-corrected chi connectivity index (χ3v) is 3.96. The molecule has 0 aliphatic heterocycles. The first-order chi connectivity index (χ1) is 13.2. The second-order valence-electron chi connectivity index (χ2n) is 5.92. The predicted molar refractivity (Wildman–Crippen MR) is 93.6 cm³/mol. The summed E-state index contributed by atoms with van der Waals surface area (Å²) in [7, 11) is 0. The molecule has 9 heteroatoms. The summed E-state index contributed by atoms with van der Waals surface area (Å²) in [5.74, 6) is 1.71. The van der Waals surface area contributed by atoms with Crippen LogP contribution in [0.25, 0.3) is 17.2 Å². The number of nitrogens with one attached hydrogen (secondary N) is 1. The smallest absolute Gasteiger partial charge is 0.224 e. The number of carbonyl (C=O) groups excluding carboxylic acids is 1. The highest BCUT2D eigenvalue weighted by Gasteiger charge is 2.11. The monoisotopic (exact) mass is 364 g/mol. The fraction of sp³-hybridized carbons (Fsp3) is 0.167. The van der Waals surface area contributed by atoms with Crippen LogP contribution in [-0.2, 0) is 17.8 Å². The van der Waals surface area contributed by atoms with Crippen LogP contribution in [0.1, 0.15) is 17.1 Å². The highest BCUT2D eigenvalue weighted by atomic mass is 16.5. The Morgan fingerprint density at radius 3 is 2.74 bits per heavy atom. The summed E-state index contributed by atoms with van der Waals surface area (Å²) in [6.45, 7) is 2.10. The van der Waals surface area contributed by atoms with E-state index in [0.717, 1.165) is 11.3 Å². The molecule has 4 aromatic rings. The van der Waals surface area contributed by atoms with Gasteiger partial charge >= 0.3 is 0 Å². The molecular weight excluding hydrogens is 348 g/mol. The number of tetrazole rings is 1. The molecular formula is C18H16N6O3. The molecule has 9 nitrogen and oxygen atoms in total. The van der Waals surface area contributed by atoms with Gasteiger partial charge < -0.3 is 14.3 Å². The van der Waals surface area contributed by atoms with Gasteiger partial charge in [0.25, 0.3) is 0 Å². The van der Waals surface area contributed by atoms with Crippen molar-refractivity contribution >= 4 is 5.91 Å². The van der Waals surface area contributed by atoms with E-state index in [9.17, 15) is 4.79 Å². The molecule has 1 aromatic carbocycles. The summed E-state index contributed by atoms with van der Waals surface area (Å²) in [4.78, 5) is 12.2. The van der Waals surface area contributed by atoms with Crippen molar-refractivity contribution in [2.45, 2.75) is 19.9 Å². The molecule has 3 heterocycles. The van der Waals surface area contributed by atoms with Crippen LogP contribution in [0.3, 0.4) is 0 Å². The minimum absolute atomic E-state index is 0.107. The van der Waals surface area contributed by atoms with Crippen LogP contribution in [0.2, 0.25) is 0 Å². The van der Waals surface area contributed by atoms with Crippen LogP contribution in [0.15, 0.2) is 57.7 Å². The standard InChI is InChI=1S/C18H16N6O3/c1-12-20-22-23-24(12)15-6-4-13(5-7-15)9-18(25)19-11-14-10-17(27-21-14)16-3-2-8-26-16/h2-8,10H,9,11H2,1H3,(H,19,25). The third-order valence-electron chi connectivity index (χ3n) is 3.96. The summed E-state index contributed by atoms with van der Waals surface area (Å²) in [5.41, 5.74) is 2.35. The molecule has 136 valence electrons. The van der Waals surface area contributed by atoms with Crippen molar-refractivity contribution in [1.29, 1.82) is 0 Å². The predicted octanol–water partition coefficient (Wildman–Crippen LogP) is 2.08. The van der Waals surface area contributed by atoms with Crippen molar-refractivity contribution < 1.29 is 13.7 Å². The lowest BCUT2D eigenvalue weighted by Crippen LogP contribution is -2.24.